The molecule has 2 amide bonds. The minimum Gasteiger partial charge on any atom is -0.351 e. The van der Waals surface area contributed by atoms with Crippen LogP contribution in [0.5, 0.6) is 0 Å². The largest absolute Gasteiger partial charge is 0.351 e. The predicted octanol–water partition coefficient (Wildman–Crippen LogP) is 5.81. The van der Waals surface area contributed by atoms with Gasteiger partial charge in [0, 0.05) is 40.8 Å². The third kappa shape index (κ3) is 7.18. The van der Waals surface area contributed by atoms with Crippen LogP contribution in [0.15, 0.2) is 67.5 Å². The molecule has 2 aromatic carbocycles. The number of carbonyl (C=O) groups excluding carboxylic acids is 2. The fourth-order valence-electron chi connectivity index (χ4n) is 5.28. The number of hydrogen-bond donors (Lipinski definition) is 4. The van der Waals surface area contributed by atoms with E-state index in [0.29, 0.717) is 46.3 Å². The molecule has 1 saturated carbocycles. The number of benzene rings is 2. The molecule has 2 aromatic heterocycles. The number of imidazole rings is 1. The molecule has 4 N–H and O–H groups in total. The van der Waals surface area contributed by atoms with Crippen molar-refractivity contribution in [3.8, 4) is 0 Å². The van der Waals surface area contributed by atoms with Gasteiger partial charge < -0.3 is 30.7 Å². The summed E-state index contributed by atoms with van der Waals surface area (Å²) < 4.78 is 2.04. The van der Waals surface area contributed by atoms with Crippen LogP contribution in [0.25, 0.3) is 11.2 Å². The fraction of sp³-hybridized carbons (Fsp3) is 0.344. The summed E-state index contributed by atoms with van der Waals surface area (Å²) in [6.45, 7) is 7.64. The van der Waals surface area contributed by atoms with Crippen LogP contribution in [0.2, 0.25) is 0 Å². The molecular weight excluding hydrogens is 542 g/mol. The van der Waals surface area contributed by atoms with Crippen molar-refractivity contribution in [1.29, 1.82) is 0 Å². The van der Waals surface area contributed by atoms with Gasteiger partial charge in [-0.15, -0.1) is 0 Å². The van der Waals surface area contributed by atoms with Crippen molar-refractivity contribution in [2.24, 2.45) is 0 Å². The lowest BCUT2D eigenvalue weighted by atomic mass is 9.91. The van der Waals surface area contributed by atoms with E-state index in [1.807, 2.05) is 28.8 Å². The number of aromatic nitrogens is 4. The Kier molecular flexibility index (Phi) is 9.01. The van der Waals surface area contributed by atoms with E-state index in [1.165, 1.54) is 6.08 Å². The summed E-state index contributed by atoms with van der Waals surface area (Å²) in [6, 6.07) is 15.2. The summed E-state index contributed by atoms with van der Waals surface area (Å²) in [6.07, 6.45) is 7.38. The number of nitrogens with one attached hydrogen (secondary N) is 4. The first kappa shape index (κ1) is 29.7. The highest BCUT2D eigenvalue weighted by Crippen LogP contribution is 2.29. The second kappa shape index (κ2) is 13.0. The van der Waals surface area contributed by atoms with Gasteiger partial charge >= 0.3 is 0 Å². The van der Waals surface area contributed by atoms with Crippen LogP contribution in [0.4, 0.5) is 28.8 Å². The molecule has 0 atom stereocenters. The van der Waals surface area contributed by atoms with E-state index in [2.05, 4.69) is 65.7 Å². The number of fused-ring (bicyclic) bond motifs is 1. The molecule has 11 heteroatoms. The molecule has 1 fully saturated rings. The van der Waals surface area contributed by atoms with Crippen LogP contribution in [0.3, 0.4) is 0 Å². The monoisotopic (exact) mass is 581 g/mol. The van der Waals surface area contributed by atoms with E-state index < -0.39 is 0 Å². The van der Waals surface area contributed by atoms with E-state index in [0.717, 1.165) is 37.0 Å². The maximum Gasteiger partial charge on any atom is 0.255 e. The summed E-state index contributed by atoms with van der Waals surface area (Å²) in [5.41, 5.74) is 3.84. The van der Waals surface area contributed by atoms with Gasteiger partial charge in [0.25, 0.3) is 5.91 Å². The molecule has 0 spiro atoms. The van der Waals surface area contributed by atoms with Gasteiger partial charge in [0.2, 0.25) is 11.9 Å². The molecule has 5 rings (SSSR count). The van der Waals surface area contributed by atoms with Crippen LogP contribution in [0, 0.1) is 0 Å². The summed E-state index contributed by atoms with van der Waals surface area (Å²) in [4.78, 5) is 41.1. The molecular formula is C32H39N9O2. The molecule has 0 saturated heterocycles. The smallest absolute Gasteiger partial charge is 0.255 e. The molecule has 0 radical (unpaired) electrons. The van der Waals surface area contributed by atoms with E-state index in [4.69, 9.17) is 9.97 Å². The highest BCUT2D eigenvalue weighted by atomic mass is 16.2. The topological polar surface area (TPSA) is 129 Å². The highest BCUT2D eigenvalue weighted by Gasteiger charge is 2.24. The summed E-state index contributed by atoms with van der Waals surface area (Å²) in [5, 5.41) is 12.6. The zero-order valence-corrected chi connectivity index (χ0v) is 25.1. The number of nitrogens with zero attached hydrogens (tertiary/aromatic N) is 5. The Morgan fingerprint density at radius 3 is 2.37 bits per heavy atom. The van der Waals surface area contributed by atoms with Crippen molar-refractivity contribution in [3.05, 3.63) is 73.1 Å². The minimum absolute atomic E-state index is 0.182. The second-order valence-corrected chi connectivity index (χ2v) is 11.4. The van der Waals surface area contributed by atoms with Crippen LogP contribution in [-0.4, -0.2) is 62.4 Å². The molecule has 224 valence electrons. The third-order valence-corrected chi connectivity index (χ3v) is 7.72. The fourth-order valence-corrected chi connectivity index (χ4v) is 5.28. The van der Waals surface area contributed by atoms with Gasteiger partial charge in [-0.25, -0.2) is 4.98 Å². The van der Waals surface area contributed by atoms with Crippen molar-refractivity contribution in [2.75, 3.05) is 35.4 Å². The maximum absolute atomic E-state index is 12.9. The minimum atomic E-state index is -0.312. The Morgan fingerprint density at radius 2 is 1.70 bits per heavy atom. The average Bonchev–Trinajstić information content (AvgIpc) is 3.43. The SMILES string of the molecule is C=CC(=O)Nc1ccc(C(=O)Nc2cccc(Nc3nc(N[C@H]4CC[C@H](N(C)C)CC4)nc4c3ncn4C(C)C)c2)cc1. The Labute approximate surface area is 251 Å². The van der Waals surface area contributed by atoms with Crippen LogP contribution in [-0.2, 0) is 4.79 Å². The summed E-state index contributed by atoms with van der Waals surface area (Å²) in [7, 11) is 4.29. The lowest BCUT2D eigenvalue weighted by molar-refractivity contribution is -0.111. The molecule has 0 aliphatic heterocycles. The van der Waals surface area contributed by atoms with Crippen molar-refractivity contribution in [3.63, 3.8) is 0 Å². The molecule has 4 aromatic rings. The number of anilines is 5. The number of amides is 2. The zero-order valence-electron chi connectivity index (χ0n) is 25.1. The van der Waals surface area contributed by atoms with Crippen molar-refractivity contribution >= 4 is 51.8 Å². The lowest BCUT2D eigenvalue weighted by Crippen LogP contribution is -2.36. The Hall–Kier alpha value is -4.77. The second-order valence-electron chi connectivity index (χ2n) is 11.4. The zero-order chi connectivity index (χ0) is 30.5. The molecule has 2 heterocycles. The average molecular weight is 582 g/mol. The van der Waals surface area contributed by atoms with Gasteiger partial charge in [-0.05, 0) is 102 Å². The van der Waals surface area contributed by atoms with E-state index in [1.54, 1.807) is 30.6 Å². The standard InChI is InChI=1S/C32H39N9O2/c1-6-27(42)34-22-12-10-21(11-13-22)31(43)36-25-9-7-8-24(18-25)35-29-28-30(41(19-33-28)20(2)3)39-32(38-29)37-23-14-16-26(17-15-23)40(4)5/h6-13,18-20,23,26H,1,14-17H2,2-5H3,(H,34,42)(H,36,43)(H2,35,37,38,39)/t23-,26-. The first-order valence-corrected chi connectivity index (χ1v) is 14.6. The molecule has 0 unspecified atom stereocenters. The first-order valence-electron chi connectivity index (χ1n) is 14.6. The van der Waals surface area contributed by atoms with Gasteiger partial charge in [-0.2, -0.15) is 9.97 Å². The molecule has 43 heavy (non-hydrogen) atoms. The van der Waals surface area contributed by atoms with E-state index in [9.17, 15) is 9.59 Å². The van der Waals surface area contributed by atoms with Crippen LogP contribution in [0.1, 0.15) is 55.9 Å². The van der Waals surface area contributed by atoms with Gasteiger partial charge in [0.1, 0.15) is 0 Å². The quantitative estimate of drug-likeness (QED) is 0.173. The molecule has 1 aliphatic rings. The number of carbonyl (C=O) groups is 2. The normalized spacial score (nSPS) is 16.7. The van der Waals surface area contributed by atoms with Gasteiger partial charge in [-0.1, -0.05) is 12.6 Å². The molecule has 1 aliphatic carbocycles. The number of hydrogen-bond acceptors (Lipinski definition) is 8. The van der Waals surface area contributed by atoms with Gasteiger partial charge in [-0.3, -0.25) is 9.59 Å². The summed E-state index contributed by atoms with van der Waals surface area (Å²) >= 11 is 0. The van der Waals surface area contributed by atoms with Crippen molar-refractivity contribution < 1.29 is 9.59 Å². The highest BCUT2D eigenvalue weighted by molar-refractivity contribution is 6.05. The Morgan fingerprint density at radius 1 is 0.977 bits per heavy atom. The Balaban J connectivity index is 1.33. The summed E-state index contributed by atoms with van der Waals surface area (Å²) in [5.74, 6) is 0.584. The van der Waals surface area contributed by atoms with Crippen molar-refractivity contribution in [2.45, 2.75) is 57.7 Å². The lowest BCUT2D eigenvalue weighted by Gasteiger charge is -2.33. The van der Waals surface area contributed by atoms with E-state index in [-0.39, 0.29) is 17.9 Å². The Bertz CT molecular complexity index is 1600. The maximum atomic E-state index is 12.9. The molecule has 11 nitrogen and oxygen atoms in total. The van der Waals surface area contributed by atoms with Gasteiger partial charge in [0.05, 0.1) is 6.33 Å². The van der Waals surface area contributed by atoms with Gasteiger partial charge in [0.15, 0.2) is 17.0 Å². The molecule has 0 bridgehead atoms. The number of rotatable bonds is 10. The first-order chi connectivity index (χ1) is 20.7. The van der Waals surface area contributed by atoms with Crippen molar-refractivity contribution in [1.82, 2.24) is 24.4 Å². The van der Waals surface area contributed by atoms with E-state index >= 15 is 0 Å². The van der Waals surface area contributed by atoms with Crippen LogP contribution < -0.4 is 21.3 Å². The third-order valence-electron chi connectivity index (χ3n) is 7.72. The van der Waals surface area contributed by atoms with Crippen LogP contribution >= 0.6 is 0 Å². The predicted molar refractivity (Wildman–Crippen MR) is 172 cm³/mol.